The number of alkyl halides is 3. The number of nitrogens with zero attached hydrogens (tertiary/aromatic N) is 1. The van der Waals surface area contributed by atoms with Crippen molar-refractivity contribution in [2.45, 2.75) is 65.3 Å². The molecule has 0 fully saturated rings. The molecule has 13 heteroatoms. The van der Waals surface area contributed by atoms with Crippen LogP contribution < -0.4 is 14.4 Å². The molecule has 4 aromatic carbocycles. The summed E-state index contributed by atoms with van der Waals surface area (Å²) < 4.78 is 89.6. The highest BCUT2D eigenvalue weighted by molar-refractivity contribution is 7.86. The van der Waals surface area contributed by atoms with E-state index >= 15 is 0 Å². The zero-order valence-electron chi connectivity index (χ0n) is 29.6. The van der Waals surface area contributed by atoms with Crippen LogP contribution in [0, 0.1) is 20.8 Å². The molecule has 1 aliphatic heterocycles. The lowest BCUT2D eigenvalue weighted by Crippen LogP contribution is -2.32. The summed E-state index contributed by atoms with van der Waals surface area (Å²) in [4.78, 5) is 28.2. The molecular weight excluding hydrogens is 699 g/mol. The third kappa shape index (κ3) is 8.59. The Morgan fingerprint density at radius 1 is 0.865 bits per heavy atom. The maximum atomic E-state index is 14.2. The molecule has 52 heavy (non-hydrogen) atoms. The van der Waals surface area contributed by atoms with E-state index in [-0.39, 0.29) is 24.6 Å². The molecule has 0 aromatic heterocycles. The zero-order valence-corrected chi connectivity index (χ0v) is 30.4. The summed E-state index contributed by atoms with van der Waals surface area (Å²) in [6.07, 6.45) is -7.89. The highest BCUT2D eigenvalue weighted by Crippen LogP contribution is 2.48. The Morgan fingerprint density at radius 2 is 1.50 bits per heavy atom. The van der Waals surface area contributed by atoms with Crippen LogP contribution in [0.2, 0.25) is 0 Å². The van der Waals surface area contributed by atoms with Gasteiger partial charge in [0.15, 0.2) is 6.10 Å². The van der Waals surface area contributed by atoms with Crippen LogP contribution >= 0.6 is 0 Å². The summed E-state index contributed by atoms with van der Waals surface area (Å²) in [5.41, 5.74) is 4.07. The fourth-order valence-corrected chi connectivity index (χ4v) is 7.36. The topological polar surface area (TPSA) is 108 Å². The molecule has 2 unspecified atom stereocenters. The average molecular weight is 740 g/mol. The van der Waals surface area contributed by atoms with Crippen LogP contribution in [0.3, 0.4) is 0 Å². The van der Waals surface area contributed by atoms with Crippen LogP contribution in [0.15, 0.2) is 78.9 Å². The first-order chi connectivity index (χ1) is 24.5. The molecule has 9 nitrogen and oxygen atoms in total. The minimum atomic E-state index is -4.97. The molecule has 1 heterocycles. The zero-order chi connectivity index (χ0) is 38.0. The maximum Gasteiger partial charge on any atom is 0.420 e. The molecule has 0 amide bonds. The lowest BCUT2D eigenvalue weighted by molar-refractivity contribution is -0.196. The minimum Gasteiger partial charge on any atom is -0.491 e. The summed E-state index contributed by atoms with van der Waals surface area (Å²) in [5, 5.41) is 0. The first-order valence-corrected chi connectivity index (χ1v) is 18.2. The van der Waals surface area contributed by atoms with Crippen LogP contribution in [0.5, 0.6) is 11.5 Å². The number of benzene rings is 4. The Labute approximate surface area is 301 Å². The quantitative estimate of drug-likeness (QED) is 0.0804. The summed E-state index contributed by atoms with van der Waals surface area (Å²) in [6, 6.07) is 20.8. The van der Waals surface area contributed by atoms with E-state index < -0.39 is 46.0 Å². The van der Waals surface area contributed by atoms with Crippen molar-refractivity contribution < 1.29 is 49.6 Å². The summed E-state index contributed by atoms with van der Waals surface area (Å²) in [6.45, 7) is 8.93. The number of aryl methyl sites for hydroxylation is 3. The van der Waals surface area contributed by atoms with E-state index in [0.717, 1.165) is 0 Å². The molecule has 2 atom stereocenters. The van der Waals surface area contributed by atoms with Crippen LogP contribution in [0.1, 0.15) is 76.0 Å². The summed E-state index contributed by atoms with van der Waals surface area (Å²) in [7, 11) is -3.37. The number of anilines is 2. The number of halogens is 3. The van der Waals surface area contributed by atoms with E-state index in [4.69, 9.17) is 18.4 Å². The Kier molecular flexibility index (Phi) is 11.3. The lowest BCUT2D eigenvalue weighted by Gasteiger charge is -2.37. The molecule has 1 aliphatic rings. The highest BCUT2D eigenvalue weighted by Gasteiger charge is 2.45. The molecular formula is C39H40F3NO8S. The molecule has 0 saturated heterocycles. The average Bonchev–Trinajstić information content (AvgIpc) is 3.07. The molecule has 276 valence electrons. The van der Waals surface area contributed by atoms with Gasteiger partial charge in [0.25, 0.3) is 10.1 Å². The van der Waals surface area contributed by atoms with Gasteiger partial charge < -0.3 is 19.1 Å². The van der Waals surface area contributed by atoms with E-state index in [0.29, 0.717) is 56.3 Å². The monoisotopic (exact) mass is 739 g/mol. The molecule has 0 radical (unpaired) electrons. The van der Waals surface area contributed by atoms with Gasteiger partial charge in [-0.25, -0.2) is 4.79 Å². The Balaban J connectivity index is 1.45. The van der Waals surface area contributed by atoms with Gasteiger partial charge in [-0.2, -0.15) is 21.6 Å². The predicted octanol–water partition coefficient (Wildman–Crippen LogP) is 8.41. The number of carbonyl (C=O) groups excluding carboxylic acids is 2. The van der Waals surface area contributed by atoms with Gasteiger partial charge in [-0.15, -0.1) is 0 Å². The minimum absolute atomic E-state index is 0.0627. The third-order valence-electron chi connectivity index (χ3n) is 8.53. The van der Waals surface area contributed by atoms with E-state index in [2.05, 4.69) is 0 Å². The molecule has 0 bridgehead atoms. The van der Waals surface area contributed by atoms with Crippen LogP contribution in [-0.2, 0) is 23.8 Å². The number of fused-ring (bicyclic) bond motifs is 2. The second kappa shape index (κ2) is 15.4. The molecule has 5 rings (SSSR count). The first-order valence-electron chi connectivity index (χ1n) is 16.6. The molecule has 0 saturated carbocycles. The number of hydrogen-bond acceptors (Lipinski definition) is 9. The standard InChI is InChI=1S/C39H40F3NO8S/c1-23(2)49-29-16-17-33-31(22-29)34(38(45)50-35-25(4)20-28(21-26(35)5)37(44)48-6)30-10-7-8-11-32(30)43(33)18-9-19-52(46,47)51-36(39(40,41)42)27-14-12-24(3)13-15-27/h7-8,10-17,20-23,34,36H,9,18-19H2,1-6H3. The van der Waals surface area contributed by atoms with Crippen molar-refractivity contribution in [3.8, 4) is 11.5 Å². The van der Waals surface area contributed by atoms with Crippen molar-refractivity contribution in [2.24, 2.45) is 0 Å². The number of para-hydroxylation sites is 1. The van der Waals surface area contributed by atoms with E-state index in [9.17, 15) is 31.2 Å². The lowest BCUT2D eigenvalue weighted by atomic mass is 9.84. The number of ether oxygens (including phenoxy) is 3. The Morgan fingerprint density at radius 3 is 2.12 bits per heavy atom. The van der Waals surface area contributed by atoms with Gasteiger partial charge in [0.05, 0.1) is 24.5 Å². The second-order valence-electron chi connectivity index (χ2n) is 12.9. The van der Waals surface area contributed by atoms with Crippen molar-refractivity contribution in [3.05, 3.63) is 118 Å². The van der Waals surface area contributed by atoms with Crippen LogP contribution in [0.25, 0.3) is 0 Å². The fourth-order valence-electron chi connectivity index (χ4n) is 6.27. The summed E-state index contributed by atoms with van der Waals surface area (Å²) in [5.74, 6) is -1.97. The Bertz CT molecular complexity index is 2040. The first kappa shape index (κ1) is 38.4. The van der Waals surface area contributed by atoms with Crippen molar-refractivity contribution in [2.75, 3.05) is 24.3 Å². The van der Waals surface area contributed by atoms with E-state index in [1.54, 1.807) is 75.4 Å². The number of rotatable bonds is 12. The van der Waals surface area contributed by atoms with Gasteiger partial charge in [-0.05, 0) is 105 Å². The maximum absolute atomic E-state index is 14.2. The second-order valence-corrected chi connectivity index (χ2v) is 14.6. The number of esters is 2. The van der Waals surface area contributed by atoms with Gasteiger partial charge in [0.1, 0.15) is 17.4 Å². The third-order valence-corrected chi connectivity index (χ3v) is 9.80. The van der Waals surface area contributed by atoms with Gasteiger partial charge in [0.2, 0.25) is 0 Å². The summed E-state index contributed by atoms with van der Waals surface area (Å²) >= 11 is 0. The van der Waals surface area contributed by atoms with Gasteiger partial charge in [0, 0.05) is 17.9 Å². The Hall–Kier alpha value is -4.88. The normalized spacial score (nSPS) is 14.7. The van der Waals surface area contributed by atoms with Crippen LogP contribution in [0.4, 0.5) is 24.5 Å². The molecule has 0 N–H and O–H groups in total. The number of hydrogen-bond donors (Lipinski definition) is 0. The van der Waals surface area contributed by atoms with Gasteiger partial charge in [-0.3, -0.25) is 8.98 Å². The van der Waals surface area contributed by atoms with Crippen molar-refractivity contribution in [3.63, 3.8) is 0 Å². The number of methoxy groups -OCH3 is 1. The number of carbonyl (C=O) groups is 2. The largest absolute Gasteiger partial charge is 0.491 e. The molecule has 0 spiro atoms. The van der Waals surface area contributed by atoms with Gasteiger partial charge >= 0.3 is 18.1 Å². The van der Waals surface area contributed by atoms with Crippen LogP contribution in [-0.4, -0.2) is 52.0 Å². The smallest absolute Gasteiger partial charge is 0.420 e. The van der Waals surface area contributed by atoms with E-state index in [1.165, 1.54) is 31.4 Å². The SMILES string of the molecule is COC(=O)c1cc(C)c(OC(=O)C2c3ccccc3N(CCCS(=O)(=O)OC(c3ccc(C)cc3)C(F)(F)F)c3ccc(OC(C)C)cc32)c(C)c1. The highest BCUT2D eigenvalue weighted by atomic mass is 32.2. The fraction of sp³-hybridized carbons (Fsp3) is 0.333. The van der Waals surface area contributed by atoms with Crippen molar-refractivity contribution in [1.29, 1.82) is 0 Å². The van der Waals surface area contributed by atoms with Crippen molar-refractivity contribution >= 4 is 33.4 Å². The molecule has 0 aliphatic carbocycles. The predicted molar refractivity (Wildman–Crippen MR) is 190 cm³/mol. The van der Waals surface area contributed by atoms with E-state index in [1.807, 2.05) is 18.7 Å². The van der Waals surface area contributed by atoms with Crippen molar-refractivity contribution in [1.82, 2.24) is 0 Å². The molecule has 4 aromatic rings. The van der Waals surface area contributed by atoms with Gasteiger partial charge in [-0.1, -0.05) is 48.0 Å².